The molecule has 1 aromatic carbocycles. The van der Waals surface area contributed by atoms with Crippen LogP contribution in [0.15, 0.2) is 18.2 Å². The van der Waals surface area contributed by atoms with Crippen LogP contribution in [0.2, 0.25) is 0 Å². The number of anilines is 1. The largest absolute Gasteiger partial charge is 0.478 e. The monoisotopic (exact) mass is 296 g/mol. The standard InChI is InChI=1S/C13H16N2O4S/c1-8-9(2)20-6-5-14(8)11-4-3-10(13(16)17)7-12(11)15(18)19/h3-4,7-9H,5-6H2,1-2H3,(H,16,17). The molecule has 108 valence electrons. The lowest BCUT2D eigenvalue weighted by Gasteiger charge is -2.38. The van der Waals surface area contributed by atoms with Gasteiger partial charge in [0.25, 0.3) is 5.69 Å². The van der Waals surface area contributed by atoms with Gasteiger partial charge >= 0.3 is 5.97 Å². The number of nitro groups is 1. The van der Waals surface area contributed by atoms with E-state index in [9.17, 15) is 14.9 Å². The Hall–Kier alpha value is -1.76. The molecule has 6 nitrogen and oxygen atoms in total. The fourth-order valence-electron chi connectivity index (χ4n) is 2.32. The summed E-state index contributed by atoms with van der Waals surface area (Å²) in [6.07, 6.45) is 0. The summed E-state index contributed by atoms with van der Waals surface area (Å²) < 4.78 is 0. The number of nitrogens with zero attached hydrogens (tertiary/aromatic N) is 2. The van der Waals surface area contributed by atoms with Crippen LogP contribution in [0.1, 0.15) is 24.2 Å². The van der Waals surface area contributed by atoms with Crippen molar-refractivity contribution in [2.45, 2.75) is 25.1 Å². The third-order valence-electron chi connectivity index (χ3n) is 3.61. The molecule has 0 aliphatic carbocycles. The predicted octanol–water partition coefficient (Wildman–Crippen LogP) is 2.62. The average Bonchev–Trinajstić information content (AvgIpc) is 2.41. The van der Waals surface area contributed by atoms with Crippen LogP contribution in [0.25, 0.3) is 0 Å². The first-order chi connectivity index (χ1) is 9.41. The maximum atomic E-state index is 11.2. The summed E-state index contributed by atoms with van der Waals surface area (Å²) in [5, 5.41) is 20.5. The average molecular weight is 296 g/mol. The molecular weight excluding hydrogens is 280 g/mol. The second-order valence-electron chi connectivity index (χ2n) is 4.78. The lowest BCUT2D eigenvalue weighted by Crippen LogP contribution is -2.45. The van der Waals surface area contributed by atoms with Crippen molar-refractivity contribution in [2.24, 2.45) is 0 Å². The van der Waals surface area contributed by atoms with Gasteiger partial charge in [0.15, 0.2) is 0 Å². The molecule has 0 radical (unpaired) electrons. The van der Waals surface area contributed by atoms with Crippen molar-refractivity contribution in [3.8, 4) is 0 Å². The van der Waals surface area contributed by atoms with Gasteiger partial charge in [-0.3, -0.25) is 10.1 Å². The molecule has 1 aliphatic heterocycles. The summed E-state index contributed by atoms with van der Waals surface area (Å²) in [4.78, 5) is 23.6. The summed E-state index contributed by atoms with van der Waals surface area (Å²) in [5.74, 6) is -0.251. The van der Waals surface area contributed by atoms with Crippen molar-refractivity contribution in [3.63, 3.8) is 0 Å². The third kappa shape index (κ3) is 2.72. The Morgan fingerprint density at radius 3 is 2.80 bits per heavy atom. The molecule has 2 atom stereocenters. The smallest absolute Gasteiger partial charge is 0.335 e. The van der Waals surface area contributed by atoms with E-state index in [0.717, 1.165) is 18.4 Å². The molecule has 7 heteroatoms. The van der Waals surface area contributed by atoms with Crippen LogP contribution in [0.4, 0.5) is 11.4 Å². The molecular formula is C13H16N2O4S. The van der Waals surface area contributed by atoms with Crippen molar-refractivity contribution in [2.75, 3.05) is 17.2 Å². The van der Waals surface area contributed by atoms with Crippen LogP contribution in [0.3, 0.4) is 0 Å². The molecule has 1 aliphatic rings. The zero-order chi connectivity index (χ0) is 14.9. The van der Waals surface area contributed by atoms with E-state index in [-0.39, 0.29) is 17.3 Å². The van der Waals surface area contributed by atoms with Gasteiger partial charge in [0, 0.05) is 29.7 Å². The van der Waals surface area contributed by atoms with Gasteiger partial charge < -0.3 is 10.0 Å². The van der Waals surface area contributed by atoms with Crippen molar-refractivity contribution >= 4 is 29.1 Å². The second-order valence-corrected chi connectivity index (χ2v) is 6.26. The van der Waals surface area contributed by atoms with Gasteiger partial charge in [0.05, 0.1) is 10.5 Å². The van der Waals surface area contributed by atoms with E-state index in [0.29, 0.717) is 10.9 Å². The summed E-state index contributed by atoms with van der Waals surface area (Å²) in [5.41, 5.74) is 0.294. The number of hydrogen-bond acceptors (Lipinski definition) is 5. The Morgan fingerprint density at radius 1 is 1.50 bits per heavy atom. The van der Waals surface area contributed by atoms with Gasteiger partial charge in [-0.2, -0.15) is 11.8 Å². The molecule has 0 spiro atoms. The highest BCUT2D eigenvalue weighted by atomic mass is 32.2. The van der Waals surface area contributed by atoms with Crippen molar-refractivity contribution in [3.05, 3.63) is 33.9 Å². The molecule has 1 saturated heterocycles. The number of rotatable bonds is 3. The molecule has 1 fully saturated rings. The normalized spacial score (nSPS) is 22.6. The summed E-state index contributed by atoms with van der Waals surface area (Å²) in [6.45, 7) is 4.86. The lowest BCUT2D eigenvalue weighted by atomic mass is 10.1. The summed E-state index contributed by atoms with van der Waals surface area (Å²) in [7, 11) is 0. The van der Waals surface area contributed by atoms with Crippen LogP contribution >= 0.6 is 11.8 Å². The minimum absolute atomic E-state index is 0.0625. The van der Waals surface area contributed by atoms with E-state index in [2.05, 4.69) is 6.92 Å². The van der Waals surface area contributed by atoms with E-state index in [1.54, 1.807) is 6.07 Å². The number of benzene rings is 1. The quantitative estimate of drug-likeness (QED) is 0.682. The molecule has 0 saturated carbocycles. The molecule has 0 aromatic heterocycles. The highest BCUT2D eigenvalue weighted by Gasteiger charge is 2.30. The topological polar surface area (TPSA) is 83.7 Å². The van der Waals surface area contributed by atoms with E-state index in [1.165, 1.54) is 6.07 Å². The molecule has 0 bridgehead atoms. The Kier molecular flexibility index (Phi) is 4.17. The minimum atomic E-state index is -1.16. The minimum Gasteiger partial charge on any atom is -0.478 e. The maximum absolute atomic E-state index is 11.2. The Balaban J connectivity index is 2.45. The lowest BCUT2D eigenvalue weighted by molar-refractivity contribution is -0.384. The van der Waals surface area contributed by atoms with Gasteiger partial charge in [-0.15, -0.1) is 0 Å². The van der Waals surface area contributed by atoms with Crippen LogP contribution in [-0.2, 0) is 0 Å². The molecule has 2 unspecified atom stereocenters. The number of carboxylic acids is 1. The van der Waals surface area contributed by atoms with E-state index >= 15 is 0 Å². The number of aromatic carboxylic acids is 1. The number of thioether (sulfide) groups is 1. The van der Waals surface area contributed by atoms with Gasteiger partial charge in [-0.1, -0.05) is 6.92 Å². The van der Waals surface area contributed by atoms with Crippen LogP contribution in [0.5, 0.6) is 0 Å². The first-order valence-electron chi connectivity index (χ1n) is 6.31. The molecule has 0 amide bonds. The van der Waals surface area contributed by atoms with Gasteiger partial charge in [-0.25, -0.2) is 4.79 Å². The zero-order valence-electron chi connectivity index (χ0n) is 11.3. The van der Waals surface area contributed by atoms with Crippen molar-refractivity contribution < 1.29 is 14.8 Å². The highest BCUT2D eigenvalue weighted by molar-refractivity contribution is 8.00. The van der Waals surface area contributed by atoms with Crippen LogP contribution < -0.4 is 4.90 Å². The first kappa shape index (κ1) is 14.6. The molecule has 20 heavy (non-hydrogen) atoms. The SMILES string of the molecule is CC1SCCN(c2ccc(C(=O)O)cc2[N+](=O)[O-])C1C. The van der Waals surface area contributed by atoms with E-state index in [4.69, 9.17) is 5.11 Å². The van der Waals surface area contributed by atoms with E-state index < -0.39 is 10.9 Å². The number of hydrogen-bond donors (Lipinski definition) is 1. The summed E-state index contributed by atoms with van der Waals surface area (Å²) in [6, 6.07) is 4.27. The number of carboxylic acid groups (broad SMARTS) is 1. The second kappa shape index (κ2) is 5.70. The molecule has 1 N–H and O–H groups in total. The first-order valence-corrected chi connectivity index (χ1v) is 7.36. The predicted molar refractivity (Wildman–Crippen MR) is 78.8 cm³/mol. The van der Waals surface area contributed by atoms with Crippen LogP contribution in [-0.4, -0.2) is 39.6 Å². The molecule has 2 rings (SSSR count). The maximum Gasteiger partial charge on any atom is 0.335 e. The fourth-order valence-corrected chi connectivity index (χ4v) is 3.42. The van der Waals surface area contributed by atoms with Crippen molar-refractivity contribution in [1.82, 2.24) is 0 Å². The van der Waals surface area contributed by atoms with Gasteiger partial charge in [0.1, 0.15) is 5.69 Å². The Bertz CT molecular complexity index is 549. The fraction of sp³-hybridized carbons (Fsp3) is 0.462. The van der Waals surface area contributed by atoms with Crippen LogP contribution in [0, 0.1) is 10.1 Å². The number of nitro benzene ring substituents is 1. The molecule has 1 aromatic rings. The Labute approximate surface area is 120 Å². The summed E-state index contributed by atoms with van der Waals surface area (Å²) >= 11 is 1.84. The third-order valence-corrected chi connectivity index (χ3v) is 4.95. The number of carbonyl (C=O) groups is 1. The molecule has 1 heterocycles. The van der Waals surface area contributed by atoms with E-state index in [1.807, 2.05) is 23.6 Å². The Morgan fingerprint density at radius 2 is 2.20 bits per heavy atom. The zero-order valence-corrected chi connectivity index (χ0v) is 12.1. The van der Waals surface area contributed by atoms with Gasteiger partial charge in [0.2, 0.25) is 0 Å². The van der Waals surface area contributed by atoms with Crippen molar-refractivity contribution in [1.29, 1.82) is 0 Å². The van der Waals surface area contributed by atoms with Gasteiger partial charge in [-0.05, 0) is 19.1 Å². The highest BCUT2D eigenvalue weighted by Crippen LogP contribution is 2.35.